The van der Waals surface area contributed by atoms with Crippen LogP contribution in [0, 0.1) is 11.2 Å². The topological polar surface area (TPSA) is 86.9 Å². The minimum absolute atomic E-state index is 0.00648. The average Bonchev–Trinajstić information content (AvgIpc) is 3.53. The van der Waals surface area contributed by atoms with Gasteiger partial charge in [-0.05, 0) is 53.6 Å². The van der Waals surface area contributed by atoms with Crippen LogP contribution in [-0.4, -0.2) is 33.7 Å². The van der Waals surface area contributed by atoms with Gasteiger partial charge in [-0.15, -0.1) is 0 Å². The van der Waals surface area contributed by atoms with E-state index in [1.165, 1.54) is 12.1 Å². The first-order valence-corrected chi connectivity index (χ1v) is 13.6. The summed E-state index contributed by atoms with van der Waals surface area (Å²) in [5.74, 6) is -0.665. The molecule has 6 nitrogen and oxygen atoms in total. The maximum absolute atomic E-state index is 15.0. The van der Waals surface area contributed by atoms with Gasteiger partial charge in [-0.2, -0.15) is 0 Å². The first kappa shape index (κ1) is 26.9. The van der Waals surface area contributed by atoms with Crippen LogP contribution in [-0.2, 0) is 21.4 Å². The van der Waals surface area contributed by atoms with Crippen molar-refractivity contribution in [3.05, 3.63) is 81.6 Å². The van der Waals surface area contributed by atoms with Crippen LogP contribution in [0.2, 0.25) is 10.0 Å². The Balaban J connectivity index is 1.63. The van der Waals surface area contributed by atoms with E-state index in [0.717, 1.165) is 11.4 Å². The van der Waals surface area contributed by atoms with E-state index in [9.17, 15) is 14.0 Å². The quantitative estimate of drug-likeness (QED) is 0.323. The Kier molecular flexibility index (Phi) is 7.14. The van der Waals surface area contributed by atoms with Crippen molar-refractivity contribution in [3.8, 4) is 0 Å². The lowest BCUT2D eigenvalue weighted by Gasteiger charge is -2.37. The summed E-state index contributed by atoms with van der Waals surface area (Å²) in [5, 5.41) is 6.96. The maximum Gasteiger partial charge on any atom is 0.237 e. The number of nitrogens with one attached hydrogen (secondary N) is 3. The molecule has 0 unspecified atom stereocenters. The molecular formula is C29H31Cl2FN4O2. The van der Waals surface area contributed by atoms with E-state index < -0.39 is 29.2 Å². The normalized spacial score (nSPS) is 24.6. The van der Waals surface area contributed by atoms with Gasteiger partial charge in [0.2, 0.25) is 5.91 Å². The van der Waals surface area contributed by atoms with E-state index in [1.54, 1.807) is 24.5 Å². The average molecular weight is 557 g/mol. The standard InChI is InChI=1S/C29H31Cl2FN4O2/c1-28(2,3)15-23-29(18-13-20(32)19(31)14-21(18)35-27(29)38)25(16-6-4-7-17(30)12-16)26(36-23)22(37)8-5-9-24-33-10-11-34-24/h4,6-7,10-14,23,25-26,36H,5,8-9,15H2,1-3H3,(H,33,34)(H,35,38)/t23-,25+,26+,29+/m1/s1. The molecule has 0 aliphatic carbocycles. The summed E-state index contributed by atoms with van der Waals surface area (Å²) in [6, 6.07) is 8.97. The van der Waals surface area contributed by atoms with Gasteiger partial charge >= 0.3 is 0 Å². The second-order valence-electron chi connectivity index (χ2n) is 11.5. The highest BCUT2D eigenvalue weighted by molar-refractivity contribution is 6.31. The number of anilines is 1. The second-order valence-corrected chi connectivity index (χ2v) is 12.3. The van der Waals surface area contributed by atoms with E-state index in [1.807, 2.05) is 12.1 Å². The molecule has 1 saturated heterocycles. The van der Waals surface area contributed by atoms with Gasteiger partial charge in [0.25, 0.3) is 0 Å². The Morgan fingerprint density at radius 3 is 2.66 bits per heavy atom. The number of aromatic amines is 1. The van der Waals surface area contributed by atoms with Gasteiger partial charge in [0, 0.05) is 47.9 Å². The van der Waals surface area contributed by atoms with Crippen molar-refractivity contribution in [2.45, 2.75) is 69.9 Å². The molecule has 1 spiro atoms. The molecule has 3 aromatic rings. The molecule has 38 heavy (non-hydrogen) atoms. The Bertz CT molecular complexity index is 1370. The SMILES string of the molecule is CC(C)(C)C[C@H]1N[C@@H](C(=O)CCCc2ncc[nH]2)[C@H](c2cccc(Cl)c2)[C@@]12C(=O)Nc1cc(Cl)c(F)cc12. The van der Waals surface area contributed by atoms with Crippen LogP contribution in [0.25, 0.3) is 0 Å². The Hall–Kier alpha value is -2.74. The lowest BCUT2D eigenvalue weighted by Crippen LogP contribution is -2.49. The van der Waals surface area contributed by atoms with Crippen LogP contribution in [0.4, 0.5) is 10.1 Å². The molecule has 200 valence electrons. The van der Waals surface area contributed by atoms with Gasteiger partial charge in [-0.1, -0.05) is 56.1 Å². The predicted molar refractivity (Wildman–Crippen MR) is 147 cm³/mol. The molecule has 2 aromatic carbocycles. The Morgan fingerprint density at radius 2 is 1.97 bits per heavy atom. The molecule has 2 aliphatic rings. The highest BCUT2D eigenvalue weighted by Gasteiger charge is 2.65. The second kappa shape index (κ2) is 10.1. The van der Waals surface area contributed by atoms with E-state index in [0.29, 0.717) is 42.0 Å². The highest BCUT2D eigenvalue weighted by atomic mass is 35.5. The number of Topliss-reactive ketones (excluding diaryl/α,β-unsaturated/α-hetero) is 1. The van der Waals surface area contributed by atoms with Crippen molar-refractivity contribution in [2.24, 2.45) is 5.41 Å². The van der Waals surface area contributed by atoms with E-state index in [4.69, 9.17) is 23.2 Å². The predicted octanol–water partition coefficient (Wildman–Crippen LogP) is 6.20. The fourth-order valence-corrected chi connectivity index (χ4v) is 6.57. The third-order valence-electron chi connectivity index (χ3n) is 7.65. The summed E-state index contributed by atoms with van der Waals surface area (Å²) in [6.45, 7) is 6.27. The van der Waals surface area contributed by atoms with Gasteiger partial charge in [-0.25, -0.2) is 9.37 Å². The van der Waals surface area contributed by atoms with Crippen molar-refractivity contribution >= 4 is 40.6 Å². The maximum atomic E-state index is 15.0. The molecule has 3 heterocycles. The zero-order chi connectivity index (χ0) is 27.2. The monoisotopic (exact) mass is 556 g/mol. The zero-order valence-corrected chi connectivity index (χ0v) is 23.1. The summed E-state index contributed by atoms with van der Waals surface area (Å²) in [4.78, 5) is 35.3. The van der Waals surface area contributed by atoms with E-state index in [2.05, 4.69) is 41.4 Å². The van der Waals surface area contributed by atoms with Crippen molar-refractivity contribution in [1.29, 1.82) is 0 Å². The number of hydrogen-bond acceptors (Lipinski definition) is 4. The number of aryl methyl sites for hydroxylation is 1. The molecule has 9 heteroatoms. The number of H-pyrrole nitrogens is 1. The molecule has 3 N–H and O–H groups in total. The number of amides is 1. The molecule has 0 bridgehead atoms. The third kappa shape index (κ3) is 4.76. The minimum Gasteiger partial charge on any atom is -0.349 e. The number of halogens is 3. The number of fused-ring (bicyclic) bond motifs is 2. The first-order valence-electron chi connectivity index (χ1n) is 12.8. The number of ketones is 1. The molecular weight excluding hydrogens is 526 g/mol. The number of carbonyl (C=O) groups is 2. The van der Waals surface area contributed by atoms with Crippen LogP contribution < -0.4 is 10.6 Å². The molecule has 1 fully saturated rings. The number of rotatable bonds is 7. The molecule has 0 radical (unpaired) electrons. The van der Waals surface area contributed by atoms with Crippen LogP contribution in [0.15, 0.2) is 48.8 Å². The minimum atomic E-state index is -1.24. The number of hydrogen-bond donors (Lipinski definition) is 3. The number of benzene rings is 2. The van der Waals surface area contributed by atoms with Gasteiger partial charge in [0.05, 0.1) is 11.1 Å². The summed E-state index contributed by atoms with van der Waals surface area (Å²) in [7, 11) is 0. The van der Waals surface area contributed by atoms with E-state index >= 15 is 0 Å². The van der Waals surface area contributed by atoms with Crippen LogP contribution >= 0.6 is 23.2 Å². The van der Waals surface area contributed by atoms with Gasteiger partial charge in [-0.3, -0.25) is 9.59 Å². The molecule has 0 saturated carbocycles. The molecule has 5 rings (SSSR count). The van der Waals surface area contributed by atoms with Crippen LogP contribution in [0.5, 0.6) is 0 Å². The molecule has 4 atom stereocenters. The first-order chi connectivity index (χ1) is 18.0. The fraction of sp³-hybridized carbons (Fsp3) is 0.414. The Labute approximate surface area is 231 Å². The fourth-order valence-electron chi connectivity index (χ4n) is 6.21. The van der Waals surface area contributed by atoms with Crippen molar-refractivity contribution in [2.75, 3.05) is 5.32 Å². The third-order valence-corrected chi connectivity index (χ3v) is 8.17. The van der Waals surface area contributed by atoms with Gasteiger partial charge in [0.15, 0.2) is 0 Å². The highest BCUT2D eigenvalue weighted by Crippen LogP contribution is 2.57. The van der Waals surface area contributed by atoms with Crippen molar-refractivity contribution in [1.82, 2.24) is 15.3 Å². The lowest BCUT2D eigenvalue weighted by molar-refractivity contribution is -0.122. The molecule has 2 aliphatic heterocycles. The van der Waals surface area contributed by atoms with Crippen molar-refractivity contribution < 1.29 is 14.0 Å². The number of imidazole rings is 1. The summed E-state index contributed by atoms with van der Waals surface area (Å²) < 4.78 is 15.0. The number of carbonyl (C=O) groups excluding carboxylic acids is 2. The molecule has 1 amide bonds. The van der Waals surface area contributed by atoms with Gasteiger partial charge in [0.1, 0.15) is 22.8 Å². The molecule has 1 aromatic heterocycles. The van der Waals surface area contributed by atoms with Crippen molar-refractivity contribution in [3.63, 3.8) is 0 Å². The number of aromatic nitrogens is 2. The summed E-state index contributed by atoms with van der Waals surface area (Å²) >= 11 is 12.5. The lowest BCUT2D eigenvalue weighted by atomic mass is 9.62. The smallest absolute Gasteiger partial charge is 0.237 e. The zero-order valence-electron chi connectivity index (χ0n) is 21.6. The van der Waals surface area contributed by atoms with Crippen LogP contribution in [0.3, 0.4) is 0 Å². The summed E-state index contributed by atoms with van der Waals surface area (Å²) in [6.07, 6.45) is 5.57. The summed E-state index contributed by atoms with van der Waals surface area (Å²) in [5.41, 5.74) is 0.320. The van der Waals surface area contributed by atoms with Gasteiger partial charge < -0.3 is 15.6 Å². The number of nitrogens with zero attached hydrogens (tertiary/aromatic N) is 1. The largest absolute Gasteiger partial charge is 0.349 e. The van der Waals surface area contributed by atoms with Crippen LogP contribution in [0.1, 0.15) is 62.9 Å². The van der Waals surface area contributed by atoms with E-state index in [-0.39, 0.29) is 22.1 Å². The Morgan fingerprint density at radius 1 is 1.18 bits per heavy atom.